The molecule has 19 heavy (non-hydrogen) atoms. The van der Waals surface area contributed by atoms with E-state index in [1.165, 1.54) is 10.7 Å². The summed E-state index contributed by atoms with van der Waals surface area (Å²) in [6.45, 7) is -0.0706. The molecule has 4 nitrogen and oxygen atoms in total. The van der Waals surface area contributed by atoms with E-state index in [-0.39, 0.29) is 12.6 Å². The van der Waals surface area contributed by atoms with Crippen LogP contribution >= 0.6 is 0 Å². The van der Waals surface area contributed by atoms with Crippen molar-refractivity contribution in [1.29, 1.82) is 0 Å². The van der Waals surface area contributed by atoms with Crippen LogP contribution in [-0.4, -0.2) is 30.9 Å². The Labute approximate surface area is 115 Å². The lowest BCUT2D eigenvalue weighted by Crippen LogP contribution is -2.38. The number of hydrogen-bond acceptors (Lipinski definition) is 3. The molecule has 0 saturated heterocycles. The SMILES string of the molecule is CN(C1CCCCC1)S(=O)(=O)c1ccc(CO)cc1. The van der Waals surface area contributed by atoms with E-state index in [0.717, 1.165) is 31.2 Å². The van der Waals surface area contributed by atoms with Gasteiger partial charge in [-0.15, -0.1) is 0 Å². The molecule has 1 saturated carbocycles. The monoisotopic (exact) mass is 283 g/mol. The van der Waals surface area contributed by atoms with Gasteiger partial charge < -0.3 is 5.11 Å². The lowest BCUT2D eigenvalue weighted by Gasteiger charge is -2.30. The second kappa shape index (κ2) is 6.03. The van der Waals surface area contributed by atoms with Gasteiger partial charge in [-0.25, -0.2) is 8.42 Å². The van der Waals surface area contributed by atoms with Crippen LogP contribution in [0.1, 0.15) is 37.7 Å². The summed E-state index contributed by atoms with van der Waals surface area (Å²) in [6, 6.07) is 6.57. The van der Waals surface area contributed by atoms with E-state index in [9.17, 15) is 8.42 Å². The molecular formula is C14H21NO3S. The maximum Gasteiger partial charge on any atom is 0.243 e. The van der Waals surface area contributed by atoms with Crippen molar-refractivity contribution < 1.29 is 13.5 Å². The molecule has 0 atom stereocenters. The molecule has 0 unspecified atom stereocenters. The molecule has 0 aromatic heterocycles. The fourth-order valence-electron chi connectivity index (χ4n) is 2.57. The van der Waals surface area contributed by atoms with Crippen LogP contribution in [0.25, 0.3) is 0 Å². The van der Waals surface area contributed by atoms with Crippen LogP contribution in [0.5, 0.6) is 0 Å². The lowest BCUT2D eigenvalue weighted by molar-refractivity contribution is 0.281. The van der Waals surface area contributed by atoms with Gasteiger partial charge in [-0.3, -0.25) is 0 Å². The zero-order chi connectivity index (χ0) is 13.9. The second-order valence-corrected chi connectivity index (χ2v) is 7.11. The molecular weight excluding hydrogens is 262 g/mol. The van der Waals surface area contributed by atoms with Crippen LogP contribution in [0, 0.1) is 0 Å². The van der Waals surface area contributed by atoms with E-state index in [4.69, 9.17) is 5.11 Å². The Hall–Kier alpha value is -0.910. The molecule has 0 radical (unpaired) electrons. The third-order valence-electron chi connectivity index (χ3n) is 3.87. The van der Waals surface area contributed by atoms with Crippen LogP contribution in [-0.2, 0) is 16.6 Å². The quantitative estimate of drug-likeness (QED) is 0.921. The first kappa shape index (κ1) is 14.5. The Morgan fingerprint density at radius 3 is 2.26 bits per heavy atom. The highest BCUT2D eigenvalue weighted by Gasteiger charge is 2.28. The minimum absolute atomic E-state index is 0.0706. The van der Waals surface area contributed by atoms with Gasteiger partial charge in [-0.05, 0) is 30.5 Å². The fourth-order valence-corrected chi connectivity index (χ4v) is 3.99. The molecule has 0 spiro atoms. The van der Waals surface area contributed by atoms with Crippen molar-refractivity contribution in [2.24, 2.45) is 0 Å². The van der Waals surface area contributed by atoms with Gasteiger partial charge in [0.25, 0.3) is 0 Å². The number of aliphatic hydroxyl groups excluding tert-OH is 1. The first-order valence-electron chi connectivity index (χ1n) is 6.73. The topological polar surface area (TPSA) is 57.6 Å². The first-order valence-corrected chi connectivity index (χ1v) is 8.17. The molecule has 0 aliphatic heterocycles. The molecule has 1 aliphatic rings. The van der Waals surface area contributed by atoms with E-state index < -0.39 is 10.0 Å². The third-order valence-corrected chi connectivity index (χ3v) is 5.80. The molecule has 1 aliphatic carbocycles. The lowest BCUT2D eigenvalue weighted by atomic mass is 9.96. The Kier molecular flexibility index (Phi) is 4.60. The highest BCUT2D eigenvalue weighted by molar-refractivity contribution is 7.89. The normalized spacial score (nSPS) is 17.8. The molecule has 106 valence electrons. The summed E-state index contributed by atoms with van der Waals surface area (Å²) >= 11 is 0. The molecule has 0 bridgehead atoms. The zero-order valence-electron chi connectivity index (χ0n) is 11.2. The first-order chi connectivity index (χ1) is 9.05. The predicted octanol–water partition coefficient (Wildman–Crippen LogP) is 2.13. The van der Waals surface area contributed by atoms with Gasteiger partial charge in [0.15, 0.2) is 0 Å². The van der Waals surface area contributed by atoms with Gasteiger partial charge in [0, 0.05) is 13.1 Å². The van der Waals surface area contributed by atoms with Crippen molar-refractivity contribution in [3.63, 3.8) is 0 Å². The van der Waals surface area contributed by atoms with Crippen LogP contribution in [0.15, 0.2) is 29.2 Å². The van der Waals surface area contributed by atoms with Gasteiger partial charge in [-0.1, -0.05) is 31.4 Å². The average Bonchev–Trinajstić information content (AvgIpc) is 2.47. The summed E-state index contributed by atoms with van der Waals surface area (Å²) in [5.41, 5.74) is 0.722. The van der Waals surface area contributed by atoms with Crippen LogP contribution in [0.3, 0.4) is 0 Å². The van der Waals surface area contributed by atoms with Crippen molar-refractivity contribution in [2.45, 2.75) is 49.6 Å². The van der Waals surface area contributed by atoms with Crippen molar-refractivity contribution >= 4 is 10.0 Å². The van der Waals surface area contributed by atoms with Crippen LogP contribution in [0.2, 0.25) is 0 Å². The summed E-state index contributed by atoms with van der Waals surface area (Å²) < 4.78 is 26.5. The average molecular weight is 283 g/mol. The fraction of sp³-hybridized carbons (Fsp3) is 0.571. The molecule has 1 N–H and O–H groups in total. The summed E-state index contributed by atoms with van der Waals surface area (Å²) in [4.78, 5) is 0.303. The number of aliphatic hydroxyl groups is 1. The van der Waals surface area contributed by atoms with Gasteiger partial charge in [-0.2, -0.15) is 4.31 Å². The Balaban J connectivity index is 2.19. The molecule has 0 heterocycles. The number of nitrogens with zero attached hydrogens (tertiary/aromatic N) is 1. The molecule has 0 amide bonds. The Morgan fingerprint density at radius 2 is 1.74 bits per heavy atom. The number of benzene rings is 1. The maximum absolute atomic E-state index is 12.5. The largest absolute Gasteiger partial charge is 0.392 e. The molecule has 2 rings (SSSR count). The molecule has 1 fully saturated rings. The van der Waals surface area contributed by atoms with Gasteiger partial charge >= 0.3 is 0 Å². The minimum atomic E-state index is -3.41. The van der Waals surface area contributed by atoms with E-state index in [2.05, 4.69) is 0 Å². The zero-order valence-corrected chi connectivity index (χ0v) is 12.1. The van der Waals surface area contributed by atoms with Gasteiger partial charge in [0.2, 0.25) is 10.0 Å². The highest BCUT2D eigenvalue weighted by atomic mass is 32.2. The summed E-state index contributed by atoms with van der Waals surface area (Å²) in [6.07, 6.45) is 5.31. The summed E-state index contributed by atoms with van der Waals surface area (Å²) in [5.74, 6) is 0. The van der Waals surface area contributed by atoms with Crippen molar-refractivity contribution in [1.82, 2.24) is 4.31 Å². The summed E-state index contributed by atoms with van der Waals surface area (Å²) in [5, 5.41) is 8.98. The summed E-state index contributed by atoms with van der Waals surface area (Å²) in [7, 11) is -1.74. The third kappa shape index (κ3) is 3.16. The Bertz CT molecular complexity index is 504. The Morgan fingerprint density at radius 1 is 1.16 bits per heavy atom. The minimum Gasteiger partial charge on any atom is -0.392 e. The van der Waals surface area contributed by atoms with Crippen LogP contribution in [0.4, 0.5) is 0 Å². The smallest absolute Gasteiger partial charge is 0.243 e. The van der Waals surface area contributed by atoms with E-state index >= 15 is 0 Å². The number of rotatable bonds is 4. The van der Waals surface area contributed by atoms with Crippen molar-refractivity contribution in [2.75, 3.05) is 7.05 Å². The van der Waals surface area contributed by atoms with Crippen LogP contribution < -0.4 is 0 Å². The van der Waals surface area contributed by atoms with Crippen molar-refractivity contribution in [3.8, 4) is 0 Å². The predicted molar refractivity (Wildman–Crippen MR) is 74.2 cm³/mol. The number of sulfonamides is 1. The second-order valence-electron chi connectivity index (χ2n) is 5.12. The molecule has 5 heteroatoms. The van der Waals surface area contributed by atoms with Gasteiger partial charge in [0.05, 0.1) is 11.5 Å². The number of hydrogen-bond donors (Lipinski definition) is 1. The van der Waals surface area contributed by atoms with E-state index in [0.29, 0.717) is 4.90 Å². The van der Waals surface area contributed by atoms with E-state index in [1.54, 1.807) is 31.3 Å². The van der Waals surface area contributed by atoms with E-state index in [1.807, 2.05) is 0 Å². The molecule has 1 aromatic rings. The molecule has 1 aromatic carbocycles. The highest BCUT2D eigenvalue weighted by Crippen LogP contribution is 2.26. The van der Waals surface area contributed by atoms with Crippen molar-refractivity contribution in [3.05, 3.63) is 29.8 Å². The maximum atomic E-state index is 12.5. The van der Waals surface area contributed by atoms with Gasteiger partial charge in [0.1, 0.15) is 0 Å². The standard InChI is InChI=1S/C14H21NO3S/c1-15(13-5-3-2-4-6-13)19(17,18)14-9-7-12(11-16)8-10-14/h7-10,13,16H,2-6,11H2,1H3.